The van der Waals surface area contributed by atoms with Crippen LogP contribution in [-0.4, -0.2) is 126 Å². The molecule has 522 valence electrons. The second-order valence-corrected chi connectivity index (χ2v) is 35.2. The van der Waals surface area contributed by atoms with Crippen molar-refractivity contribution in [3.05, 3.63) is 176 Å². The molecule has 8 N–H and O–H groups in total. The number of benzene rings is 6. The molecule has 6 radical (unpaired) electrons. The van der Waals surface area contributed by atoms with Crippen molar-refractivity contribution >= 4 is 86.9 Å². The maximum Gasteiger partial charge on any atom is 0.287 e. The molecule has 0 aliphatic heterocycles. The van der Waals surface area contributed by atoms with Crippen molar-refractivity contribution in [2.45, 2.75) is 235 Å². The van der Waals surface area contributed by atoms with Crippen LogP contribution in [0.4, 0.5) is 0 Å². The maximum absolute atomic E-state index is 10.9. The first-order valence-electron chi connectivity index (χ1n) is 33.2. The lowest BCUT2D eigenvalue weighted by molar-refractivity contribution is 0.443. The van der Waals surface area contributed by atoms with E-state index in [1.807, 2.05) is 37.0 Å². The molecular formula is C80H120Al2N4O8P2+2. The number of aromatic hydroxyl groups is 4. The van der Waals surface area contributed by atoms with Crippen LogP contribution in [0.2, 0.25) is 0 Å². The van der Waals surface area contributed by atoms with Gasteiger partial charge in [-0.1, -0.05) is 227 Å². The molecule has 16 heteroatoms. The standard InChI is InChI=1S/2C34H52N2O2.2C6H7O2P.2Al/c2*1-31(2,3)25-17-23(29(37)27(19-25)33(7,8)9)21-35-15-13-14-16-36-22-24-18-26(32(4,5)6)20-28(30(24)38)34(10,11)12;2*7-9(8)6-4-2-1-3-5-6;;/h2*17-22,37-38H,13-16H2,1-12H3;2*1-5,7-8H;;/p+2. The minimum absolute atomic E-state index is 0. The molecule has 0 fully saturated rings. The van der Waals surface area contributed by atoms with Crippen molar-refractivity contribution in [2.75, 3.05) is 26.2 Å². The Balaban J connectivity index is 0.000000745. The molecule has 96 heavy (non-hydrogen) atoms. The molecule has 6 aromatic rings. The molecule has 0 bridgehead atoms. The lowest BCUT2D eigenvalue weighted by Gasteiger charge is -2.27. The van der Waals surface area contributed by atoms with Crippen LogP contribution in [0.25, 0.3) is 0 Å². The molecule has 0 heterocycles. The fourth-order valence-electron chi connectivity index (χ4n) is 9.68. The molecule has 6 aromatic carbocycles. The molecule has 0 atom stereocenters. The van der Waals surface area contributed by atoms with E-state index in [2.05, 4.69) is 235 Å². The van der Waals surface area contributed by atoms with Crippen LogP contribution < -0.4 is 10.6 Å². The van der Waals surface area contributed by atoms with Crippen LogP contribution in [0.5, 0.6) is 23.0 Å². The summed E-state index contributed by atoms with van der Waals surface area (Å²) in [5, 5.41) is 45.0. The summed E-state index contributed by atoms with van der Waals surface area (Å²) in [6, 6.07) is 34.4. The molecule has 0 saturated carbocycles. The third-order valence-electron chi connectivity index (χ3n) is 15.9. The molecule has 0 aliphatic carbocycles. The summed E-state index contributed by atoms with van der Waals surface area (Å²) in [5.74, 6) is 1.30. The lowest BCUT2D eigenvalue weighted by Crippen LogP contribution is -2.17. The van der Waals surface area contributed by atoms with Crippen LogP contribution in [0.15, 0.2) is 129 Å². The van der Waals surface area contributed by atoms with Gasteiger partial charge in [0.1, 0.15) is 33.6 Å². The van der Waals surface area contributed by atoms with Crippen molar-refractivity contribution in [1.82, 2.24) is 0 Å². The normalized spacial score (nSPS) is 12.7. The number of phenols is 4. The zero-order valence-electron chi connectivity index (χ0n) is 62.9. The summed E-state index contributed by atoms with van der Waals surface area (Å²) in [7, 11) is -4.42. The zero-order chi connectivity index (χ0) is 71.6. The van der Waals surface area contributed by atoms with E-state index in [1.54, 1.807) is 48.5 Å². The third kappa shape index (κ3) is 29.4. The van der Waals surface area contributed by atoms with Gasteiger partial charge in [0, 0.05) is 130 Å². The first-order chi connectivity index (χ1) is 43.1. The lowest BCUT2D eigenvalue weighted by atomic mass is 9.79. The number of hydrogen-bond donors (Lipinski definition) is 8. The highest BCUT2D eigenvalue weighted by atomic mass is 31.2. The van der Waals surface area contributed by atoms with Crippen molar-refractivity contribution in [2.24, 2.45) is 20.0 Å². The van der Waals surface area contributed by atoms with E-state index < -0.39 is 16.8 Å². The van der Waals surface area contributed by atoms with Crippen LogP contribution in [-0.2, 0) is 43.3 Å². The minimum Gasteiger partial charge on any atom is -0.507 e. The van der Waals surface area contributed by atoms with E-state index in [4.69, 9.17) is 19.6 Å². The molecular weight excluding hydrogens is 1260 g/mol. The highest BCUT2D eigenvalue weighted by molar-refractivity contribution is 7.54. The van der Waals surface area contributed by atoms with E-state index in [9.17, 15) is 20.4 Å². The van der Waals surface area contributed by atoms with Gasteiger partial charge in [-0.05, 0) is 140 Å². The Morgan fingerprint density at radius 2 is 0.458 bits per heavy atom. The Hall–Kier alpha value is -5.04. The van der Waals surface area contributed by atoms with Crippen molar-refractivity contribution in [1.29, 1.82) is 0 Å². The predicted molar refractivity (Wildman–Crippen MR) is 420 cm³/mol. The first kappa shape index (κ1) is 89.0. The number of unbranched alkanes of at least 4 members (excludes halogenated alkanes) is 2. The van der Waals surface area contributed by atoms with Crippen LogP contribution in [0.3, 0.4) is 0 Å². The van der Waals surface area contributed by atoms with Gasteiger partial charge in [-0.15, -0.1) is 0 Å². The average molecular weight is 1380 g/mol. The van der Waals surface area contributed by atoms with Crippen LogP contribution in [0.1, 0.15) is 259 Å². The second-order valence-electron chi connectivity index (χ2n) is 32.8. The van der Waals surface area contributed by atoms with Crippen molar-refractivity contribution < 1.29 is 40.0 Å². The molecule has 0 saturated heterocycles. The fourth-order valence-corrected chi connectivity index (χ4v) is 10.7. The summed E-state index contributed by atoms with van der Waals surface area (Å²) in [4.78, 5) is 53.2. The largest absolute Gasteiger partial charge is 0.507 e. The quantitative estimate of drug-likeness (QED) is 0.0202. The Bertz CT molecular complexity index is 3060. The van der Waals surface area contributed by atoms with E-state index in [-0.39, 0.29) is 78.0 Å². The van der Waals surface area contributed by atoms with Gasteiger partial charge in [0.05, 0.1) is 0 Å². The van der Waals surface area contributed by atoms with Crippen molar-refractivity contribution in [3.63, 3.8) is 0 Å². The van der Waals surface area contributed by atoms with Crippen molar-refractivity contribution in [3.8, 4) is 23.0 Å². The SMILES string of the molecule is CC(C)(C)c1cc(C=NCCCCN=Cc2cc(C(C)(C)C)cc(C(C)(C)C)c2O)c(O)c(C(C)(C)C)c1.CC(C)(C)c1cc(C=NCCCCN=Cc2cc(C(C)(C)C)cc(C(C)(C)C)c2O)c(O)c(C(C)(C)C)c1.O[PH+](O)c1ccccc1.O[PH+](O)c1ccccc1.[Al].[Al]. The molecule has 0 aliphatic rings. The number of nitrogens with zero attached hydrogens (tertiary/aromatic N) is 4. The van der Waals surface area contributed by atoms with Gasteiger partial charge in [0.25, 0.3) is 16.8 Å². The number of hydrogen-bond acceptors (Lipinski definition) is 12. The predicted octanol–water partition coefficient (Wildman–Crippen LogP) is 17.1. The van der Waals surface area contributed by atoms with E-state index in [0.717, 1.165) is 70.2 Å². The molecule has 0 amide bonds. The topological polar surface area (TPSA) is 211 Å². The Morgan fingerprint density at radius 1 is 0.281 bits per heavy atom. The van der Waals surface area contributed by atoms with Gasteiger partial charge in [-0.25, -0.2) is 19.6 Å². The first-order valence-corrected chi connectivity index (χ1v) is 36.0. The van der Waals surface area contributed by atoms with E-state index in [1.165, 1.54) is 22.3 Å². The van der Waals surface area contributed by atoms with Gasteiger partial charge in [0.2, 0.25) is 0 Å². The summed E-state index contributed by atoms with van der Waals surface area (Å²) in [6.45, 7) is 54.5. The Labute approximate surface area is 603 Å². The highest BCUT2D eigenvalue weighted by Crippen LogP contribution is 2.41. The number of aliphatic imine (C=N–C) groups is 4. The summed E-state index contributed by atoms with van der Waals surface area (Å²) < 4.78 is 0. The smallest absolute Gasteiger partial charge is 0.287 e. The van der Waals surface area contributed by atoms with Gasteiger partial charge in [0.15, 0.2) is 0 Å². The third-order valence-corrected chi connectivity index (χ3v) is 17.6. The summed E-state index contributed by atoms with van der Waals surface area (Å²) in [5.41, 5.74) is 11.1. The Morgan fingerprint density at radius 3 is 0.594 bits per heavy atom. The second kappa shape index (κ2) is 38.0. The van der Waals surface area contributed by atoms with Gasteiger partial charge in [-0.3, -0.25) is 20.0 Å². The van der Waals surface area contributed by atoms with E-state index in [0.29, 0.717) is 59.8 Å². The summed E-state index contributed by atoms with van der Waals surface area (Å²) in [6.07, 6.45) is 10.9. The van der Waals surface area contributed by atoms with Gasteiger partial charge >= 0.3 is 0 Å². The number of rotatable bonds is 16. The maximum atomic E-state index is 10.9. The molecule has 0 spiro atoms. The average Bonchev–Trinajstić information content (AvgIpc) is 0.818. The van der Waals surface area contributed by atoms with Crippen LogP contribution >= 0.6 is 16.8 Å². The fraction of sp³-hybridized carbons (Fsp3) is 0.500. The van der Waals surface area contributed by atoms with Gasteiger partial charge < -0.3 is 20.4 Å². The molecule has 12 nitrogen and oxygen atoms in total. The van der Waals surface area contributed by atoms with Crippen LogP contribution in [0, 0.1) is 0 Å². The number of phenolic OH excluding ortho intramolecular Hbond substituents is 4. The summed E-state index contributed by atoms with van der Waals surface area (Å²) >= 11 is 0. The zero-order valence-corrected chi connectivity index (χ0v) is 67.2. The van der Waals surface area contributed by atoms with E-state index >= 15 is 0 Å². The minimum atomic E-state index is -2.21. The van der Waals surface area contributed by atoms with Gasteiger partial charge in [-0.2, -0.15) is 0 Å². The molecule has 6 rings (SSSR count). The molecule has 0 aromatic heterocycles. The highest BCUT2D eigenvalue weighted by Gasteiger charge is 2.29. The molecule has 0 unspecified atom stereocenters. The Kier molecular flexibility index (Phi) is 35.2. The monoisotopic (exact) mass is 1380 g/mol.